The molecule has 7 nitrogen and oxygen atoms in total. The molecule has 1 unspecified atom stereocenters. The molecule has 0 saturated carbocycles. The molecule has 29 heavy (non-hydrogen) atoms. The second-order valence-corrected chi connectivity index (χ2v) is 6.58. The van der Waals surface area contributed by atoms with Crippen molar-refractivity contribution in [3.8, 4) is 5.75 Å². The number of aryl methyl sites for hydroxylation is 1. The van der Waals surface area contributed by atoms with Crippen LogP contribution in [-0.4, -0.2) is 29.2 Å². The molecule has 2 aromatic carbocycles. The molecule has 3 rings (SSSR count). The lowest BCUT2D eigenvalue weighted by molar-refractivity contribution is 0.0635. The number of carbonyl (C=O) groups is 1. The zero-order chi connectivity index (χ0) is 20.5. The highest BCUT2D eigenvalue weighted by Crippen LogP contribution is 2.16. The normalized spacial score (nSPS) is 11.8. The van der Waals surface area contributed by atoms with E-state index < -0.39 is 0 Å². The molecule has 3 aromatic rings. The van der Waals surface area contributed by atoms with Crippen molar-refractivity contribution < 1.29 is 18.8 Å². The standard InChI is InChI=1S/C22H25N3O4/c1-16(18-7-4-3-5-8-18)27-14-6-13-23-22(26)19-9-11-20(12-10-19)28-15-21-24-17(2)29-25-21/h3-5,7-12,16H,6,13-15H2,1-2H3,(H,23,26). The summed E-state index contributed by atoms with van der Waals surface area (Å²) in [5.74, 6) is 1.48. The van der Waals surface area contributed by atoms with Gasteiger partial charge in [-0.3, -0.25) is 4.79 Å². The SMILES string of the molecule is Cc1nc(COc2ccc(C(=O)NCCCOC(C)c3ccccc3)cc2)no1. The Hall–Kier alpha value is -3.19. The first-order valence-electron chi connectivity index (χ1n) is 9.58. The van der Waals surface area contributed by atoms with Gasteiger partial charge >= 0.3 is 0 Å². The largest absolute Gasteiger partial charge is 0.485 e. The Labute approximate surface area is 170 Å². The highest BCUT2D eigenvalue weighted by atomic mass is 16.5. The van der Waals surface area contributed by atoms with Gasteiger partial charge in [0.25, 0.3) is 5.91 Å². The molecule has 0 aliphatic carbocycles. The maximum Gasteiger partial charge on any atom is 0.251 e. The molecule has 152 valence electrons. The minimum atomic E-state index is -0.124. The summed E-state index contributed by atoms with van der Waals surface area (Å²) in [7, 11) is 0. The summed E-state index contributed by atoms with van der Waals surface area (Å²) in [5.41, 5.74) is 1.72. The lowest BCUT2D eigenvalue weighted by Crippen LogP contribution is -2.25. The third-order valence-corrected chi connectivity index (χ3v) is 4.30. The van der Waals surface area contributed by atoms with Crippen LogP contribution in [0.5, 0.6) is 5.75 Å². The van der Waals surface area contributed by atoms with Gasteiger partial charge in [-0.15, -0.1) is 0 Å². The predicted molar refractivity (Wildman–Crippen MR) is 108 cm³/mol. The van der Waals surface area contributed by atoms with Crippen LogP contribution in [0.1, 0.15) is 47.1 Å². The van der Waals surface area contributed by atoms with Gasteiger partial charge in [-0.25, -0.2) is 0 Å². The van der Waals surface area contributed by atoms with Crippen LogP contribution in [0.15, 0.2) is 59.1 Å². The van der Waals surface area contributed by atoms with Crippen LogP contribution in [0.3, 0.4) is 0 Å². The summed E-state index contributed by atoms with van der Waals surface area (Å²) in [6, 6.07) is 17.0. The van der Waals surface area contributed by atoms with Crippen molar-refractivity contribution in [3.05, 3.63) is 77.4 Å². The highest BCUT2D eigenvalue weighted by Gasteiger charge is 2.08. The zero-order valence-corrected chi connectivity index (χ0v) is 16.6. The number of nitrogens with one attached hydrogen (secondary N) is 1. The maximum atomic E-state index is 12.2. The smallest absolute Gasteiger partial charge is 0.251 e. The van der Waals surface area contributed by atoms with Gasteiger partial charge in [-0.05, 0) is 43.2 Å². The topological polar surface area (TPSA) is 86.5 Å². The third kappa shape index (κ3) is 6.43. The zero-order valence-electron chi connectivity index (χ0n) is 16.6. The van der Waals surface area contributed by atoms with Gasteiger partial charge in [0.05, 0.1) is 6.10 Å². The molecule has 1 atom stereocenters. The van der Waals surface area contributed by atoms with E-state index in [0.717, 1.165) is 12.0 Å². The van der Waals surface area contributed by atoms with Crippen molar-refractivity contribution in [1.82, 2.24) is 15.5 Å². The van der Waals surface area contributed by atoms with E-state index in [9.17, 15) is 4.79 Å². The van der Waals surface area contributed by atoms with Crippen LogP contribution < -0.4 is 10.1 Å². The van der Waals surface area contributed by atoms with Gasteiger partial charge in [-0.1, -0.05) is 35.5 Å². The first kappa shape index (κ1) is 20.5. The van der Waals surface area contributed by atoms with Crippen LogP contribution in [0.2, 0.25) is 0 Å². The molecule has 0 saturated heterocycles. The van der Waals surface area contributed by atoms with E-state index in [1.54, 1.807) is 31.2 Å². The average Bonchev–Trinajstić information content (AvgIpc) is 3.18. The summed E-state index contributed by atoms with van der Waals surface area (Å²) in [5, 5.41) is 6.67. The van der Waals surface area contributed by atoms with Gasteiger partial charge in [0, 0.05) is 25.6 Å². The second kappa shape index (κ2) is 10.4. The summed E-state index contributed by atoms with van der Waals surface area (Å²) >= 11 is 0. The van der Waals surface area contributed by atoms with Crippen molar-refractivity contribution >= 4 is 5.91 Å². The van der Waals surface area contributed by atoms with E-state index in [0.29, 0.717) is 36.2 Å². The minimum Gasteiger partial charge on any atom is -0.485 e. The lowest BCUT2D eigenvalue weighted by Gasteiger charge is -2.13. The van der Waals surface area contributed by atoms with Crippen molar-refractivity contribution in [2.75, 3.05) is 13.2 Å². The first-order valence-corrected chi connectivity index (χ1v) is 9.58. The van der Waals surface area contributed by atoms with Gasteiger partial charge in [-0.2, -0.15) is 4.98 Å². The van der Waals surface area contributed by atoms with Crippen molar-refractivity contribution in [3.63, 3.8) is 0 Å². The Bertz CT molecular complexity index is 894. The van der Waals surface area contributed by atoms with E-state index in [-0.39, 0.29) is 18.6 Å². The molecule has 0 bridgehead atoms. The molecular formula is C22H25N3O4. The number of carbonyl (C=O) groups excluding carboxylic acids is 1. The number of hydrogen-bond acceptors (Lipinski definition) is 6. The Kier molecular flexibility index (Phi) is 7.35. The molecular weight excluding hydrogens is 370 g/mol. The minimum absolute atomic E-state index is 0.0378. The van der Waals surface area contributed by atoms with E-state index >= 15 is 0 Å². The molecule has 1 heterocycles. The van der Waals surface area contributed by atoms with E-state index in [1.165, 1.54) is 0 Å². The fourth-order valence-electron chi connectivity index (χ4n) is 2.71. The fourth-order valence-corrected chi connectivity index (χ4v) is 2.71. The number of nitrogens with zero attached hydrogens (tertiary/aromatic N) is 2. The Morgan fingerprint density at radius 3 is 2.59 bits per heavy atom. The molecule has 0 fully saturated rings. The maximum absolute atomic E-state index is 12.2. The number of amides is 1. The van der Waals surface area contributed by atoms with E-state index in [1.807, 2.05) is 37.3 Å². The Balaban J connectivity index is 1.35. The molecule has 0 spiro atoms. The molecule has 1 N–H and O–H groups in total. The molecule has 0 aliphatic rings. The average molecular weight is 395 g/mol. The van der Waals surface area contributed by atoms with Crippen LogP contribution in [-0.2, 0) is 11.3 Å². The van der Waals surface area contributed by atoms with Gasteiger partial charge in [0.2, 0.25) is 11.7 Å². The van der Waals surface area contributed by atoms with E-state index in [4.69, 9.17) is 14.0 Å². The Morgan fingerprint density at radius 2 is 1.90 bits per heavy atom. The van der Waals surface area contributed by atoms with Crippen LogP contribution >= 0.6 is 0 Å². The number of hydrogen-bond donors (Lipinski definition) is 1. The molecule has 7 heteroatoms. The number of rotatable bonds is 10. The van der Waals surface area contributed by atoms with Crippen molar-refractivity contribution in [2.24, 2.45) is 0 Å². The number of benzene rings is 2. The van der Waals surface area contributed by atoms with Crippen LogP contribution in [0.25, 0.3) is 0 Å². The fraction of sp³-hybridized carbons (Fsp3) is 0.318. The molecule has 0 aliphatic heterocycles. The van der Waals surface area contributed by atoms with Crippen LogP contribution in [0.4, 0.5) is 0 Å². The van der Waals surface area contributed by atoms with Crippen molar-refractivity contribution in [1.29, 1.82) is 0 Å². The van der Waals surface area contributed by atoms with Gasteiger partial charge < -0.3 is 19.3 Å². The second-order valence-electron chi connectivity index (χ2n) is 6.58. The highest BCUT2D eigenvalue weighted by molar-refractivity contribution is 5.94. The summed E-state index contributed by atoms with van der Waals surface area (Å²) in [4.78, 5) is 16.3. The lowest BCUT2D eigenvalue weighted by atomic mass is 10.1. The number of ether oxygens (including phenoxy) is 2. The van der Waals surface area contributed by atoms with Gasteiger partial charge in [0.1, 0.15) is 5.75 Å². The van der Waals surface area contributed by atoms with Crippen LogP contribution in [0, 0.1) is 6.92 Å². The Morgan fingerprint density at radius 1 is 1.14 bits per heavy atom. The molecule has 1 amide bonds. The first-order chi connectivity index (χ1) is 14.1. The summed E-state index contributed by atoms with van der Waals surface area (Å²) < 4.78 is 16.3. The number of aromatic nitrogens is 2. The quantitative estimate of drug-likeness (QED) is 0.525. The van der Waals surface area contributed by atoms with E-state index in [2.05, 4.69) is 15.5 Å². The summed E-state index contributed by atoms with van der Waals surface area (Å²) in [6.45, 7) is 5.09. The van der Waals surface area contributed by atoms with Crippen molar-refractivity contribution in [2.45, 2.75) is 33.0 Å². The molecule has 1 aromatic heterocycles. The predicted octanol–water partition coefficient (Wildman–Crippen LogP) is 3.85. The summed E-state index contributed by atoms with van der Waals surface area (Å²) in [6.07, 6.45) is 0.782. The molecule has 0 radical (unpaired) electrons. The van der Waals surface area contributed by atoms with Gasteiger partial charge in [0.15, 0.2) is 6.61 Å². The monoisotopic (exact) mass is 395 g/mol. The third-order valence-electron chi connectivity index (χ3n) is 4.30.